The van der Waals surface area contributed by atoms with Crippen LogP contribution in [0.1, 0.15) is 44.3 Å². The van der Waals surface area contributed by atoms with E-state index in [9.17, 15) is 4.79 Å². The predicted octanol–water partition coefficient (Wildman–Crippen LogP) is 3.74. The number of carbonyl (C=O) groups is 1. The molecule has 5 heteroatoms. The Morgan fingerprint density at radius 1 is 1.12 bits per heavy atom. The Hall–Kier alpha value is -2.56. The molecular weight excluding hydrogens is 324 g/mol. The zero-order valence-corrected chi connectivity index (χ0v) is 15.3. The third-order valence-corrected chi connectivity index (χ3v) is 5.75. The summed E-state index contributed by atoms with van der Waals surface area (Å²) in [7, 11) is 2.00. The average molecular weight is 350 g/mol. The number of hydrogen-bond acceptors (Lipinski definition) is 2. The molecule has 4 rings (SSSR count). The molecule has 0 saturated heterocycles. The number of aromatic nitrogens is 3. The van der Waals surface area contributed by atoms with Gasteiger partial charge in [0.15, 0.2) is 0 Å². The van der Waals surface area contributed by atoms with Gasteiger partial charge in [0.25, 0.3) is 0 Å². The van der Waals surface area contributed by atoms with Gasteiger partial charge in [0.1, 0.15) is 5.82 Å². The molecule has 3 aromatic rings. The number of aryl methyl sites for hydroxylation is 1. The number of nitrogens with zero attached hydrogens (tertiary/aromatic N) is 3. The molecular formula is C21H26N4O. The minimum absolute atomic E-state index is 0.0712. The fourth-order valence-electron chi connectivity index (χ4n) is 4.28. The zero-order chi connectivity index (χ0) is 18.0. The van der Waals surface area contributed by atoms with Crippen molar-refractivity contribution in [2.45, 2.75) is 50.6 Å². The molecule has 1 amide bonds. The van der Waals surface area contributed by atoms with Crippen LogP contribution in [0, 0.1) is 0 Å². The Morgan fingerprint density at radius 3 is 2.58 bits per heavy atom. The van der Waals surface area contributed by atoms with Crippen LogP contribution in [0.25, 0.3) is 11.0 Å². The highest BCUT2D eigenvalue weighted by Crippen LogP contribution is 2.37. The van der Waals surface area contributed by atoms with Crippen molar-refractivity contribution in [2.24, 2.45) is 7.05 Å². The second kappa shape index (κ2) is 6.98. The molecule has 0 atom stereocenters. The molecule has 1 fully saturated rings. The van der Waals surface area contributed by atoms with Crippen molar-refractivity contribution in [3.05, 3.63) is 54.6 Å². The van der Waals surface area contributed by atoms with Crippen LogP contribution in [0.5, 0.6) is 0 Å². The molecule has 5 nitrogen and oxygen atoms in total. The van der Waals surface area contributed by atoms with Crippen molar-refractivity contribution < 1.29 is 4.79 Å². The summed E-state index contributed by atoms with van der Waals surface area (Å²) in [6.45, 7) is 0.464. The van der Waals surface area contributed by atoms with Crippen molar-refractivity contribution in [3.8, 4) is 0 Å². The van der Waals surface area contributed by atoms with Gasteiger partial charge in [-0.15, -0.1) is 0 Å². The second-order valence-corrected chi connectivity index (χ2v) is 7.40. The molecule has 0 radical (unpaired) electrons. The predicted molar refractivity (Wildman–Crippen MR) is 103 cm³/mol. The standard InChI is InChI=1S/C21H26N4O/c1-24-18-10-4-3-9-17(18)23-19(24)16-22-20(26)15-21(11-5-2-6-12-21)25-13-7-8-14-25/h3-4,7-10,13-14H,2,5-6,11-12,15-16H2,1H3,(H,22,26). The van der Waals surface area contributed by atoms with Crippen molar-refractivity contribution in [3.63, 3.8) is 0 Å². The van der Waals surface area contributed by atoms with Crippen LogP contribution in [0.15, 0.2) is 48.8 Å². The van der Waals surface area contributed by atoms with E-state index in [1.807, 2.05) is 37.4 Å². The minimum atomic E-state index is -0.0712. The molecule has 1 aromatic carbocycles. The molecule has 1 aliphatic carbocycles. The average Bonchev–Trinajstić information content (AvgIpc) is 3.30. The van der Waals surface area contributed by atoms with Crippen LogP contribution in [0.4, 0.5) is 0 Å². The quantitative estimate of drug-likeness (QED) is 0.762. The number of para-hydroxylation sites is 2. The summed E-state index contributed by atoms with van der Waals surface area (Å²) in [5.41, 5.74) is 1.99. The van der Waals surface area contributed by atoms with Gasteiger partial charge < -0.3 is 14.5 Å². The van der Waals surface area contributed by atoms with E-state index in [1.165, 1.54) is 19.3 Å². The van der Waals surface area contributed by atoms with Crippen LogP contribution >= 0.6 is 0 Å². The van der Waals surface area contributed by atoms with Gasteiger partial charge in [0.2, 0.25) is 5.91 Å². The topological polar surface area (TPSA) is 51.9 Å². The number of fused-ring (bicyclic) bond motifs is 1. The first kappa shape index (κ1) is 16.9. The van der Waals surface area contributed by atoms with Crippen LogP contribution < -0.4 is 5.32 Å². The highest BCUT2D eigenvalue weighted by atomic mass is 16.1. The summed E-state index contributed by atoms with van der Waals surface area (Å²) in [4.78, 5) is 17.4. The first-order valence-electron chi connectivity index (χ1n) is 9.48. The second-order valence-electron chi connectivity index (χ2n) is 7.40. The van der Waals surface area contributed by atoms with Gasteiger partial charge in [-0.1, -0.05) is 31.4 Å². The number of rotatable bonds is 5. The third kappa shape index (κ3) is 3.14. The Bertz CT molecular complexity index is 888. The summed E-state index contributed by atoms with van der Waals surface area (Å²) in [5.74, 6) is 0.992. The lowest BCUT2D eigenvalue weighted by Gasteiger charge is -2.38. The van der Waals surface area contributed by atoms with Crippen molar-refractivity contribution in [1.29, 1.82) is 0 Å². The summed E-state index contributed by atoms with van der Waals surface area (Å²) >= 11 is 0. The lowest BCUT2D eigenvalue weighted by molar-refractivity contribution is -0.123. The van der Waals surface area contributed by atoms with Crippen molar-refractivity contribution >= 4 is 16.9 Å². The van der Waals surface area contributed by atoms with Gasteiger partial charge in [-0.3, -0.25) is 4.79 Å². The van der Waals surface area contributed by atoms with E-state index in [0.29, 0.717) is 13.0 Å². The lowest BCUT2D eigenvalue weighted by atomic mass is 9.78. The number of amides is 1. The van der Waals surface area contributed by atoms with Gasteiger partial charge in [-0.05, 0) is 37.1 Å². The third-order valence-electron chi connectivity index (χ3n) is 5.75. The van der Waals surface area contributed by atoms with Crippen molar-refractivity contribution in [2.75, 3.05) is 0 Å². The maximum absolute atomic E-state index is 12.7. The Labute approximate surface area is 154 Å². The van der Waals surface area contributed by atoms with E-state index < -0.39 is 0 Å². The molecule has 0 unspecified atom stereocenters. The van der Waals surface area contributed by atoms with Gasteiger partial charge in [0, 0.05) is 19.4 Å². The van der Waals surface area contributed by atoms with Gasteiger partial charge in [-0.25, -0.2) is 4.98 Å². The number of nitrogens with one attached hydrogen (secondary N) is 1. The fraction of sp³-hybridized carbons (Fsp3) is 0.429. The summed E-state index contributed by atoms with van der Waals surface area (Å²) in [6, 6.07) is 12.2. The fourth-order valence-corrected chi connectivity index (χ4v) is 4.28. The van der Waals surface area contributed by atoms with Crippen LogP contribution in [0.2, 0.25) is 0 Å². The van der Waals surface area contributed by atoms with E-state index in [1.54, 1.807) is 0 Å². The van der Waals surface area contributed by atoms with E-state index >= 15 is 0 Å². The highest BCUT2D eigenvalue weighted by molar-refractivity contribution is 5.78. The molecule has 1 saturated carbocycles. The molecule has 2 heterocycles. The van der Waals surface area contributed by atoms with Gasteiger partial charge >= 0.3 is 0 Å². The zero-order valence-electron chi connectivity index (χ0n) is 15.3. The number of imidazole rings is 1. The summed E-state index contributed by atoms with van der Waals surface area (Å²) in [5, 5.41) is 3.10. The molecule has 136 valence electrons. The van der Waals surface area contributed by atoms with E-state index in [4.69, 9.17) is 0 Å². The van der Waals surface area contributed by atoms with Crippen LogP contribution in [-0.4, -0.2) is 20.0 Å². The van der Waals surface area contributed by atoms with Gasteiger partial charge in [0.05, 0.1) is 29.5 Å². The summed E-state index contributed by atoms with van der Waals surface area (Å²) < 4.78 is 4.30. The normalized spacial score (nSPS) is 16.7. The van der Waals surface area contributed by atoms with Gasteiger partial charge in [-0.2, -0.15) is 0 Å². The Kier molecular flexibility index (Phi) is 4.53. The first-order valence-corrected chi connectivity index (χ1v) is 9.48. The number of benzene rings is 1. The number of hydrogen-bond donors (Lipinski definition) is 1. The first-order chi connectivity index (χ1) is 12.7. The molecule has 1 N–H and O–H groups in total. The maximum atomic E-state index is 12.7. The molecule has 1 aliphatic rings. The van der Waals surface area contributed by atoms with Crippen LogP contribution in [-0.2, 0) is 23.9 Å². The smallest absolute Gasteiger partial charge is 0.222 e. The lowest BCUT2D eigenvalue weighted by Crippen LogP contribution is -2.40. The Morgan fingerprint density at radius 2 is 1.85 bits per heavy atom. The maximum Gasteiger partial charge on any atom is 0.222 e. The monoisotopic (exact) mass is 350 g/mol. The molecule has 2 aromatic heterocycles. The molecule has 0 spiro atoms. The largest absolute Gasteiger partial charge is 0.349 e. The van der Waals surface area contributed by atoms with E-state index in [-0.39, 0.29) is 11.4 Å². The molecule has 0 aliphatic heterocycles. The minimum Gasteiger partial charge on any atom is -0.349 e. The Balaban J connectivity index is 1.46. The number of carbonyl (C=O) groups excluding carboxylic acids is 1. The van der Waals surface area contributed by atoms with E-state index in [2.05, 4.69) is 37.9 Å². The highest BCUT2D eigenvalue weighted by Gasteiger charge is 2.35. The summed E-state index contributed by atoms with van der Waals surface area (Å²) in [6.07, 6.45) is 10.5. The molecule has 0 bridgehead atoms. The van der Waals surface area contributed by atoms with Crippen molar-refractivity contribution in [1.82, 2.24) is 19.4 Å². The van der Waals surface area contributed by atoms with Crippen LogP contribution in [0.3, 0.4) is 0 Å². The SMILES string of the molecule is Cn1c(CNC(=O)CC2(n3cccc3)CCCCC2)nc2ccccc21. The molecule has 26 heavy (non-hydrogen) atoms. The van der Waals surface area contributed by atoms with E-state index in [0.717, 1.165) is 29.7 Å².